The number of hydrogen-bond donors (Lipinski definition) is 1. The van der Waals surface area contributed by atoms with Gasteiger partial charge in [0.1, 0.15) is 30.5 Å². The number of rotatable bonds is 6. The molecule has 0 saturated carbocycles. The van der Waals surface area contributed by atoms with Crippen LogP contribution >= 0.6 is 11.6 Å². The van der Waals surface area contributed by atoms with Crippen molar-refractivity contribution < 1.29 is 18.7 Å². The van der Waals surface area contributed by atoms with Crippen LogP contribution in [0.25, 0.3) is 5.70 Å². The monoisotopic (exact) mass is 490 g/mol. The highest BCUT2D eigenvalue weighted by molar-refractivity contribution is 6.30. The standard InChI is InChI=1S/C26H20ClFN4O3/c1-34-25(33)22-23(17-4-8-19(27)9-5-17)31-26-29-15-30-32(26)24(22)18-6-12-21(13-7-18)35-14-16-2-10-20(28)11-3-16/h2-13,15,24H,14H2,1H3,(H,29,30,31)/t24-/m1/s1. The van der Waals surface area contributed by atoms with Crippen LogP contribution in [0.3, 0.4) is 0 Å². The molecule has 3 aromatic carbocycles. The van der Waals surface area contributed by atoms with E-state index in [9.17, 15) is 9.18 Å². The normalized spacial score (nSPS) is 14.8. The maximum Gasteiger partial charge on any atom is 0.338 e. The second-order valence-corrected chi connectivity index (χ2v) is 8.26. The van der Waals surface area contributed by atoms with Crippen LogP contribution in [-0.2, 0) is 16.1 Å². The first-order chi connectivity index (χ1) is 17.0. The maximum absolute atomic E-state index is 13.1. The summed E-state index contributed by atoms with van der Waals surface area (Å²) in [5, 5.41) is 8.14. The number of methoxy groups -OCH3 is 1. The summed E-state index contributed by atoms with van der Waals surface area (Å²) in [6.45, 7) is 0.300. The number of ether oxygens (including phenoxy) is 2. The van der Waals surface area contributed by atoms with Gasteiger partial charge in [-0.05, 0) is 53.1 Å². The molecule has 0 radical (unpaired) electrons. The number of anilines is 1. The first kappa shape index (κ1) is 22.6. The van der Waals surface area contributed by atoms with E-state index in [1.54, 1.807) is 28.9 Å². The van der Waals surface area contributed by atoms with Gasteiger partial charge in [0.25, 0.3) is 0 Å². The van der Waals surface area contributed by atoms with E-state index in [1.807, 2.05) is 36.4 Å². The number of halogens is 2. The van der Waals surface area contributed by atoms with Gasteiger partial charge in [-0.1, -0.05) is 48.0 Å². The molecule has 1 atom stereocenters. The third kappa shape index (κ3) is 4.61. The van der Waals surface area contributed by atoms with Crippen LogP contribution in [0.2, 0.25) is 5.02 Å². The molecule has 1 aromatic heterocycles. The van der Waals surface area contributed by atoms with Crippen molar-refractivity contribution in [3.63, 3.8) is 0 Å². The highest BCUT2D eigenvalue weighted by Gasteiger charge is 2.36. The lowest BCUT2D eigenvalue weighted by molar-refractivity contribution is -0.136. The van der Waals surface area contributed by atoms with E-state index >= 15 is 0 Å². The first-order valence-electron chi connectivity index (χ1n) is 10.8. The molecule has 0 unspecified atom stereocenters. The SMILES string of the molecule is COC(=O)C1=C(c2ccc(Cl)cc2)Nc2ncnn2[C@@H]1c1ccc(OCc2ccc(F)cc2)cc1. The van der Waals surface area contributed by atoms with Crippen molar-refractivity contribution in [2.24, 2.45) is 0 Å². The molecule has 5 rings (SSSR count). The Hall–Kier alpha value is -4.17. The van der Waals surface area contributed by atoms with Gasteiger partial charge in [-0.25, -0.2) is 13.9 Å². The fourth-order valence-corrected chi connectivity index (χ4v) is 4.06. The highest BCUT2D eigenvalue weighted by atomic mass is 35.5. The Morgan fingerprint density at radius 3 is 2.46 bits per heavy atom. The molecule has 0 spiro atoms. The third-order valence-corrected chi connectivity index (χ3v) is 5.90. The molecule has 35 heavy (non-hydrogen) atoms. The molecule has 1 aliphatic heterocycles. The summed E-state index contributed by atoms with van der Waals surface area (Å²) >= 11 is 6.07. The topological polar surface area (TPSA) is 78.3 Å². The van der Waals surface area contributed by atoms with Gasteiger partial charge >= 0.3 is 5.97 Å². The summed E-state index contributed by atoms with van der Waals surface area (Å²) < 4.78 is 25.8. The van der Waals surface area contributed by atoms with Gasteiger partial charge in [0.2, 0.25) is 5.95 Å². The molecule has 9 heteroatoms. The Labute approximate surface area is 205 Å². The summed E-state index contributed by atoms with van der Waals surface area (Å²) in [5.41, 5.74) is 3.35. The van der Waals surface area contributed by atoms with Crippen LogP contribution < -0.4 is 10.1 Å². The number of fused-ring (bicyclic) bond motifs is 1. The summed E-state index contributed by atoms with van der Waals surface area (Å²) in [4.78, 5) is 17.3. The second kappa shape index (κ2) is 9.60. The molecule has 1 aliphatic rings. The molecule has 0 bridgehead atoms. The fourth-order valence-electron chi connectivity index (χ4n) is 3.94. The van der Waals surface area contributed by atoms with Gasteiger partial charge in [0.05, 0.1) is 18.4 Å². The zero-order valence-electron chi connectivity index (χ0n) is 18.6. The molecular formula is C26H20ClFN4O3. The lowest BCUT2D eigenvalue weighted by Gasteiger charge is -2.29. The van der Waals surface area contributed by atoms with Crippen LogP contribution in [0.15, 0.2) is 84.7 Å². The van der Waals surface area contributed by atoms with Crippen molar-refractivity contribution >= 4 is 29.2 Å². The zero-order valence-corrected chi connectivity index (χ0v) is 19.4. The van der Waals surface area contributed by atoms with E-state index in [4.69, 9.17) is 21.1 Å². The fraction of sp³-hybridized carbons (Fsp3) is 0.115. The van der Waals surface area contributed by atoms with Gasteiger partial charge in [-0.2, -0.15) is 10.1 Å². The molecule has 7 nitrogen and oxygen atoms in total. The van der Waals surface area contributed by atoms with Gasteiger partial charge in [-0.3, -0.25) is 0 Å². The van der Waals surface area contributed by atoms with Gasteiger partial charge in [0, 0.05) is 5.02 Å². The Bertz CT molecular complexity index is 1380. The van der Waals surface area contributed by atoms with E-state index < -0.39 is 12.0 Å². The minimum absolute atomic E-state index is 0.292. The molecule has 0 saturated heterocycles. The molecule has 2 heterocycles. The Morgan fingerprint density at radius 1 is 1.06 bits per heavy atom. The summed E-state index contributed by atoms with van der Waals surface area (Å²) in [6, 6.07) is 20.1. The van der Waals surface area contributed by atoms with Crippen molar-refractivity contribution in [2.75, 3.05) is 12.4 Å². The molecule has 0 aliphatic carbocycles. The van der Waals surface area contributed by atoms with E-state index in [2.05, 4.69) is 15.4 Å². The quantitative estimate of drug-likeness (QED) is 0.372. The number of hydrogen-bond acceptors (Lipinski definition) is 6. The zero-order chi connectivity index (χ0) is 24.4. The van der Waals surface area contributed by atoms with Crippen LogP contribution in [0.1, 0.15) is 22.7 Å². The van der Waals surface area contributed by atoms with Crippen LogP contribution in [0, 0.1) is 5.82 Å². The van der Waals surface area contributed by atoms with Crippen molar-refractivity contribution in [3.8, 4) is 5.75 Å². The Balaban J connectivity index is 1.50. The smallest absolute Gasteiger partial charge is 0.338 e. The number of esters is 1. The van der Waals surface area contributed by atoms with Crippen LogP contribution in [0.4, 0.5) is 10.3 Å². The summed E-state index contributed by atoms with van der Waals surface area (Å²) in [7, 11) is 1.34. The summed E-state index contributed by atoms with van der Waals surface area (Å²) in [6.07, 6.45) is 1.43. The minimum atomic E-state index is -0.585. The average Bonchev–Trinajstić information content (AvgIpc) is 3.36. The van der Waals surface area contributed by atoms with E-state index in [0.717, 1.165) is 16.7 Å². The largest absolute Gasteiger partial charge is 0.489 e. The molecule has 0 amide bonds. The van der Waals surface area contributed by atoms with Crippen molar-refractivity contribution in [1.29, 1.82) is 0 Å². The average molecular weight is 491 g/mol. The van der Waals surface area contributed by atoms with Crippen molar-refractivity contribution in [2.45, 2.75) is 12.6 Å². The van der Waals surface area contributed by atoms with E-state index in [-0.39, 0.29) is 5.82 Å². The number of carbonyl (C=O) groups excluding carboxylic acids is 1. The van der Waals surface area contributed by atoms with E-state index in [0.29, 0.717) is 34.6 Å². The number of nitrogens with zero attached hydrogens (tertiary/aromatic N) is 3. The van der Waals surface area contributed by atoms with Crippen LogP contribution in [0.5, 0.6) is 5.75 Å². The predicted molar refractivity (Wildman–Crippen MR) is 129 cm³/mol. The Kier molecular flexibility index (Phi) is 6.20. The Morgan fingerprint density at radius 2 is 1.77 bits per heavy atom. The maximum atomic E-state index is 13.1. The van der Waals surface area contributed by atoms with Crippen LogP contribution in [-0.4, -0.2) is 27.8 Å². The van der Waals surface area contributed by atoms with E-state index in [1.165, 1.54) is 25.6 Å². The number of benzene rings is 3. The highest BCUT2D eigenvalue weighted by Crippen LogP contribution is 2.39. The minimum Gasteiger partial charge on any atom is -0.489 e. The molecule has 4 aromatic rings. The second-order valence-electron chi connectivity index (χ2n) is 7.83. The molecular weight excluding hydrogens is 471 g/mol. The number of aromatic nitrogens is 3. The van der Waals surface area contributed by atoms with Gasteiger partial charge in [0.15, 0.2) is 0 Å². The van der Waals surface area contributed by atoms with Gasteiger partial charge < -0.3 is 14.8 Å². The lowest BCUT2D eigenvalue weighted by atomic mass is 9.93. The van der Waals surface area contributed by atoms with Crippen molar-refractivity contribution in [3.05, 3.63) is 112 Å². The first-order valence-corrected chi connectivity index (χ1v) is 11.1. The number of carbonyl (C=O) groups is 1. The van der Waals surface area contributed by atoms with Crippen molar-refractivity contribution in [1.82, 2.24) is 14.8 Å². The lowest BCUT2D eigenvalue weighted by Crippen LogP contribution is -2.29. The third-order valence-electron chi connectivity index (χ3n) is 5.65. The molecule has 0 fully saturated rings. The molecule has 1 N–H and O–H groups in total. The number of nitrogens with one attached hydrogen (secondary N) is 1. The predicted octanol–water partition coefficient (Wildman–Crippen LogP) is 5.25. The molecule has 176 valence electrons. The van der Waals surface area contributed by atoms with Gasteiger partial charge in [-0.15, -0.1) is 0 Å². The summed E-state index contributed by atoms with van der Waals surface area (Å²) in [5.74, 6) is 0.335.